The third-order valence-corrected chi connectivity index (χ3v) is 5.38. The number of nitrogens with zero attached hydrogens (tertiary/aromatic N) is 1. The normalized spacial score (nSPS) is 11.5. The first-order chi connectivity index (χ1) is 16.0. The van der Waals surface area contributed by atoms with Crippen LogP contribution in [0.4, 0.5) is 10.5 Å². The standard InChI is InChI=1S/C28H33N3O2/c1-20(2)24-16-11-17-25(21(3)4)27(24)30-28(32)29-18-26(23-14-9-6-10-15-23)31-33-19-22-12-7-5-8-13-22/h5-17,20-21H,18-19H2,1-4H3,(H2,29,30,32). The van der Waals surface area contributed by atoms with Crippen LogP contribution in [0.2, 0.25) is 0 Å². The van der Waals surface area contributed by atoms with Crippen LogP contribution in [-0.4, -0.2) is 18.3 Å². The Bertz CT molecular complexity index is 1030. The third kappa shape index (κ3) is 6.94. The molecule has 0 atom stereocenters. The van der Waals surface area contributed by atoms with Crippen LogP contribution < -0.4 is 10.6 Å². The second-order valence-corrected chi connectivity index (χ2v) is 8.59. The number of anilines is 1. The Morgan fingerprint density at radius 1 is 0.818 bits per heavy atom. The number of rotatable bonds is 9. The van der Waals surface area contributed by atoms with Crippen molar-refractivity contribution in [1.82, 2.24) is 5.32 Å². The fraction of sp³-hybridized carbons (Fsp3) is 0.286. The molecule has 0 bridgehead atoms. The molecule has 0 unspecified atom stereocenters. The molecule has 5 nitrogen and oxygen atoms in total. The molecule has 3 aromatic rings. The van der Waals surface area contributed by atoms with Gasteiger partial charge in [-0.2, -0.15) is 0 Å². The lowest BCUT2D eigenvalue weighted by molar-refractivity contribution is 0.130. The van der Waals surface area contributed by atoms with Gasteiger partial charge in [-0.15, -0.1) is 0 Å². The first-order valence-electron chi connectivity index (χ1n) is 11.4. The van der Waals surface area contributed by atoms with Crippen LogP contribution >= 0.6 is 0 Å². The van der Waals surface area contributed by atoms with Gasteiger partial charge in [0.25, 0.3) is 0 Å². The highest BCUT2D eigenvalue weighted by atomic mass is 16.6. The van der Waals surface area contributed by atoms with Crippen LogP contribution in [-0.2, 0) is 11.4 Å². The highest BCUT2D eigenvalue weighted by Crippen LogP contribution is 2.32. The Labute approximate surface area is 196 Å². The molecule has 0 aromatic heterocycles. The lowest BCUT2D eigenvalue weighted by Gasteiger charge is -2.20. The summed E-state index contributed by atoms with van der Waals surface area (Å²) in [6, 6.07) is 25.5. The molecule has 0 spiro atoms. The van der Waals surface area contributed by atoms with Crippen LogP contribution in [0.1, 0.15) is 61.8 Å². The maximum atomic E-state index is 12.9. The number of oxime groups is 1. The first kappa shape index (κ1) is 24.1. The molecule has 3 rings (SSSR count). The van der Waals surface area contributed by atoms with E-state index in [0.29, 0.717) is 24.2 Å². The summed E-state index contributed by atoms with van der Waals surface area (Å²) in [5.41, 5.74) is 5.72. The quantitative estimate of drug-likeness (QED) is 0.286. The summed E-state index contributed by atoms with van der Waals surface area (Å²) in [6.45, 7) is 9.13. The minimum absolute atomic E-state index is 0.242. The zero-order chi connectivity index (χ0) is 23.6. The van der Waals surface area contributed by atoms with Crippen molar-refractivity contribution in [2.24, 2.45) is 5.16 Å². The summed E-state index contributed by atoms with van der Waals surface area (Å²) < 4.78 is 0. The third-order valence-electron chi connectivity index (χ3n) is 5.38. The topological polar surface area (TPSA) is 62.7 Å². The van der Waals surface area contributed by atoms with Gasteiger partial charge < -0.3 is 15.5 Å². The number of nitrogens with one attached hydrogen (secondary N) is 2. The van der Waals surface area contributed by atoms with Gasteiger partial charge in [0.1, 0.15) is 12.3 Å². The fourth-order valence-corrected chi connectivity index (χ4v) is 3.59. The Kier molecular flexibility index (Phi) is 8.64. The van der Waals surface area contributed by atoms with Crippen LogP contribution in [0.15, 0.2) is 84.0 Å². The van der Waals surface area contributed by atoms with Crippen molar-refractivity contribution in [2.75, 3.05) is 11.9 Å². The maximum Gasteiger partial charge on any atom is 0.319 e. The summed E-state index contributed by atoms with van der Waals surface area (Å²) >= 11 is 0. The van der Waals surface area contributed by atoms with Gasteiger partial charge in [-0.05, 0) is 28.5 Å². The van der Waals surface area contributed by atoms with E-state index in [4.69, 9.17) is 4.84 Å². The number of benzene rings is 3. The molecule has 0 aliphatic rings. The van der Waals surface area contributed by atoms with Gasteiger partial charge in [-0.3, -0.25) is 0 Å². The monoisotopic (exact) mass is 443 g/mol. The van der Waals surface area contributed by atoms with Crippen LogP contribution in [0.25, 0.3) is 0 Å². The number of carbonyl (C=O) groups excluding carboxylic acids is 1. The summed E-state index contributed by atoms with van der Waals surface area (Å²) in [6.07, 6.45) is 0. The van der Waals surface area contributed by atoms with Crippen molar-refractivity contribution < 1.29 is 9.63 Å². The second kappa shape index (κ2) is 11.9. The lowest BCUT2D eigenvalue weighted by Crippen LogP contribution is -2.34. The van der Waals surface area contributed by atoms with E-state index >= 15 is 0 Å². The van der Waals surface area contributed by atoms with E-state index in [-0.39, 0.29) is 12.6 Å². The summed E-state index contributed by atoms with van der Waals surface area (Å²) in [7, 11) is 0. The van der Waals surface area contributed by atoms with E-state index in [0.717, 1.165) is 27.9 Å². The number of urea groups is 1. The molecule has 0 fully saturated rings. The SMILES string of the molecule is CC(C)c1cccc(C(C)C)c1NC(=O)NCC(=NOCc1ccccc1)c1ccccc1. The molecule has 0 saturated heterocycles. The van der Waals surface area contributed by atoms with Gasteiger partial charge in [0, 0.05) is 11.3 Å². The minimum atomic E-state index is -0.267. The van der Waals surface area contributed by atoms with Crippen LogP contribution in [0, 0.1) is 0 Å². The molecule has 0 aliphatic carbocycles. The molecule has 33 heavy (non-hydrogen) atoms. The van der Waals surface area contributed by atoms with Crippen LogP contribution in [0.5, 0.6) is 0 Å². The number of hydrogen-bond donors (Lipinski definition) is 2. The Morgan fingerprint density at radius 2 is 1.39 bits per heavy atom. The van der Waals surface area contributed by atoms with E-state index in [9.17, 15) is 4.79 Å². The second-order valence-electron chi connectivity index (χ2n) is 8.59. The smallest absolute Gasteiger partial charge is 0.319 e. The Hall–Kier alpha value is -3.60. The largest absolute Gasteiger partial charge is 0.391 e. The van der Waals surface area contributed by atoms with Crippen molar-refractivity contribution >= 4 is 17.4 Å². The van der Waals surface area contributed by atoms with Crippen molar-refractivity contribution in [3.05, 3.63) is 101 Å². The minimum Gasteiger partial charge on any atom is -0.391 e. The average Bonchev–Trinajstić information content (AvgIpc) is 2.82. The molecule has 2 amide bonds. The molecular weight excluding hydrogens is 410 g/mol. The van der Waals surface area contributed by atoms with E-state index in [1.807, 2.05) is 60.7 Å². The van der Waals surface area contributed by atoms with Gasteiger partial charge in [0.2, 0.25) is 0 Å². The van der Waals surface area contributed by atoms with Crippen molar-refractivity contribution in [2.45, 2.75) is 46.1 Å². The molecule has 2 N–H and O–H groups in total. The van der Waals surface area contributed by atoms with Crippen LogP contribution in [0.3, 0.4) is 0 Å². The van der Waals surface area contributed by atoms with Crippen molar-refractivity contribution in [3.8, 4) is 0 Å². The number of carbonyl (C=O) groups is 1. The zero-order valence-electron chi connectivity index (χ0n) is 19.8. The van der Waals surface area contributed by atoms with Gasteiger partial charge >= 0.3 is 6.03 Å². The molecular formula is C28H33N3O2. The van der Waals surface area contributed by atoms with Gasteiger partial charge in [0.15, 0.2) is 0 Å². The Balaban J connectivity index is 1.72. The molecule has 5 heteroatoms. The maximum absolute atomic E-state index is 12.9. The highest BCUT2D eigenvalue weighted by molar-refractivity contribution is 6.04. The summed E-state index contributed by atoms with van der Waals surface area (Å²) in [5.74, 6) is 0.596. The number of amides is 2. The molecule has 0 saturated carbocycles. The summed E-state index contributed by atoms with van der Waals surface area (Å²) in [4.78, 5) is 18.5. The lowest BCUT2D eigenvalue weighted by atomic mass is 9.93. The van der Waals surface area contributed by atoms with Gasteiger partial charge in [-0.1, -0.05) is 112 Å². The van der Waals surface area contributed by atoms with Crippen molar-refractivity contribution in [3.63, 3.8) is 0 Å². The molecule has 3 aromatic carbocycles. The van der Waals surface area contributed by atoms with E-state index in [1.165, 1.54) is 0 Å². The molecule has 0 aliphatic heterocycles. The average molecular weight is 444 g/mol. The van der Waals surface area contributed by atoms with Gasteiger partial charge in [-0.25, -0.2) is 4.79 Å². The predicted octanol–water partition coefficient (Wildman–Crippen LogP) is 6.68. The molecule has 172 valence electrons. The summed E-state index contributed by atoms with van der Waals surface area (Å²) in [5, 5.41) is 10.4. The van der Waals surface area contributed by atoms with E-state index in [1.54, 1.807) is 0 Å². The predicted molar refractivity (Wildman–Crippen MR) is 136 cm³/mol. The van der Waals surface area contributed by atoms with E-state index < -0.39 is 0 Å². The molecule has 0 heterocycles. The number of hydrogen-bond acceptors (Lipinski definition) is 3. The van der Waals surface area contributed by atoms with Crippen molar-refractivity contribution in [1.29, 1.82) is 0 Å². The zero-order valence-corrected chi connectivity index (χ0v) is 19.8. The molecule has 0 radical (unpaired) electrons. The van der Waals surface area contributed by atoms with E-state index in [2.05, 4.69) is 61.7 Å². The fourth-order valence-electron chi connectivity index (χ4n) is 3.59. The Morgan fingerprint density at radius 3 is 1.97 bits per heavy atom. The number of para-hydroxylation sites is 1. The first-order valence-corrected chi connectivity index (χ1v) is 11.4. The highest BCUT2D eigenvalue weighted by Gasteiger charge is 2.16. The van der Waals surface area contributed by atoms with Gasteiger partial charge in [0.05, 0.1) is 6.54 Å².